The third kappa shape index (κ3) is 8.10. The zero-order valence-corrected chi connectivity index (χ0v) is 28.2. The van der Waals surface area contributed by atoms with Crippen LogP contribution >= 0.6 is 11.3 Å². The van der Waals surface area contributed by atoms with Gasteiger partial charge in [0.2, 0.25) is 0 Å². The van der Waals surface area contributed by atoms with E-state index in [1.165, 1.54) is 5.69 Å². The van der Waals surface area contributed by atoms with Crippen molar-refractivity contribution in [3.63, 3.8) is 0 Å². The summed E-state index contributed by atoms with van der Waals surface area (Å²) in [6.45, 7) is 15.0. The van der Waals surface area contributed by atoms with Crippen molar-refractivity contribution in [2.75, 3.05) is 31.1 Å². The molecule has 1 N–H and O–H groups in total. The Morgan fingerprint density at radius 3 is 2.30 bits per heavy atom. The topological polar surface area (TPSA) is 63.8 Å². The Labute approximate surface area is 277 Å². The van der Waals surface area contributed by atoms with E-state index in [-0.39, 0.29) is 18.8 Å². The highest BCUT2D eigenvalue weighted by molar-refractivity contribution is 7.09. The van der Waals surface area contributed by atoms with E-state index in [9.17, 15) is 13.2 Å². The molecule has 47 heavy (non-hydrogen) atoms. The van der Waals surface area contributed by atoms with Gasteiger partial charge < -0.3 is 14.8 Å². The van der Waals surface area contributed by atoms with Crippen molar-refractivity contribution < 1.29 is 17.6 Å². The number of nitrogens with zero attached hydrogens (tertiary/aromatic N) is 6. The highest BCUT2D eigenvalue weighted by atomic mass is 32.1. The Balaban J connectivity index is 0.000000337. The van der Waals surface area contributed by atoms with E-state index in [2.05, 4.69) is 62.5 Å². The maximum Gasteiger partial charge on any atom is 0.386 e. The SMILES string of the molecule is C=C(C)C(c1ncn(C)c1CCC)n1cc2c(F)cc(-c3ccc(N4CC5(CNC5)C4)cc3)cc2n1.CC(F)(F)F.Cc1nccs1. The lowest BCUT2D eigenvalue weighted by atomic mass is 9.74. The summed E-state index contributed by atoms with van der Waals surface area (Å²) in [5, 5.41) is 11.8. The van der Waals surface area contributed by atoms with Gasteiger partial charge in [-0.05, 0) is 55.7 Å². The third-order valence-electron chi connectivity index (χ3n) is 8.33. The molecule has 12 heteroatoms. The maximum atomic E-state index is 15.3. The van der Waals surface area contributed by atoms with Gasteiger partial charge in [0, 0.05) is 74.7 Å². The number of thiazole rings is 1. The molecule has 7 rings (SSSR count). The number of allylic oxidation sites excluding steroid dienone is 1. The van der Waals surface area contributed by atoms with Gasteiger partial charge in [-0.2, -0.15) is 18.3 Å². The number of rotatable bonds is 7. The average Bonchev–Trinajstić information content (AvgIpc) is 3.69. The highest BCUT2D eigenvalue weighted by Crippen LogP contribution is 2.38. The van der Waals surface area contributed by atoms with Gasteiger partial charge in [-0.15, -0.1) is 11.3 Å². The number of aryl methyl sites for hydroxylation is 2. The van der Waals surface area contributed by atoms with E-state index in [1.807, 2.05) is 43.4 Å². The molecule has 1 unspecified atom stereocenters. The number of anilines is 1. The number of aromatic nitrogens is 5. The fourth-order valence-electron chi connectivity index (χ4n) is 6.03. The summed E-state index contributed by atoms with van der Waals surface area (Å²) in [6, 6.07) is 11.8. The molecule has 0 saturated carbocycles. The normalized spacial score (nSPS) is 15.6. The summed E-state index contributed by atoms with van der Waals surface area (Å²) in [4.78, 5) is 11.0. The number of imidazole rings is 1. The van der Waals surface area contributed by atoms with Crippen LogP contribution in [0.25, 0.3) is 22.0 Å². The summed E-state index contributed by atoms with van der Waals surface area (Å²) in [5.74, 6) is -0.268. The summed E-state index contributed by atoms with van der Waals surface area (Å²) < 4.78 is 50.2. The second-order valence-electron chi connectivity index (χ2n) is 12.5. The van der Waals surface area contributed by atoms with Gasteiger partial charge in [-0.3, -0.25) is 9.67 Å². The highest BCUT2D eigenvalue weighted by Gasteiger charge is 2.47. The van der Waals surface area contributed by atoms with Crippen LogP contribution in [0.1, 0.15) is 49.6 Å². The summed E-state index contributed by atoms with van der Waals surface area (Å²) >= 11 is 1.67. The van der Waals surface area contributed by atoms with Crippen molar-refractivity contribution in [3.05, 3.63) is 94.9 Å². The molecule has 2 aliphatic heterocycles. The summed E-state index contributed by atoms with van der Waals surface area (Å²) in [5.41, 5.74) is 7.17. The van der Waals surface area contributed by atoms with Gasteiger partial charge in [0.05, 0.1) is 27.9 Å². The molecular formula is C35H41F4N7S. The van der Waals surface area contributed by atoms with Crippen LogP contribution in [0.2, 0.25) is 0 Å². The van der Waals surface area contributed by atoms with Crippen LogP contribution in [-0.4, -0.2) is 56.7 Å². The van der Waals surface area contributed by atoms with Gasteiger partial charge >= 0.3 is 6.18 Å². The van der Waals surface area contributed by atoms with Gasteiger partial charge in [-0.25, -0.2) is 9.37 Å². The van der Waals surface area contributed by atoms with E-state index < -0.39 is 6.18 Å². The smallest absolute Gasteiger partial charge is 0.370 e. The van der Waals surface area contributed by atoms with Crippen molar-refractivity contribution in [1.29, 1.82) is 0 Å². The Hall–Kier alpha value is -4.03. The molecule has 2 aliphatic rings. The van der Waals surface area contributed by atoms with Crippen LogP contribution in [0.15, 0.2) is 72.7 Å². The van der Waals surface area contributed by atoms with Crippen LogP contribution in [0.3, 0.4) is 0 Å². The van der Waals surface area contributed by atoms with E-state index in [1.54, 1.807) is 29.8 Å². The Bertz CT molecular complexity index is 1790. The molecule has 0 bridgehead atoms. The Kier molecular flexibility index (Phi) is 10.2. The van der Waals surface area contributed by atoms with Crippen molar-refractivity contribution in [2.24, 2.45) is 12.5 Å². The molecule has 0 aliphatic carbocycles. The fraction of sp³-hybridized carbons (Fsp3) is 0.400. The summed E-state index contributed by atoms with van der Waals surface area (Å²) in [6.07, 6.45) is 3.37. The number of hydrogen-bond acceptors (Lipinski definition) is 6. The minimum absolute atomic E-state index is 0.188. The Morgan fingerprint density at radius 2 is 1.79 bits per heavy atom. The predicted molar refractivity (Wildman–Crippen MR) is 181 cm³/mol. The first kappa shape index (κ1) is 34.3. The van der Waals surface area contributed by atoms with Gasteiger partial charge in [-0.1, -0.05) is 37.6 Å². The zero-order chi connectivity index (χ0) is 33.9. The number of hydrogen-bond donors (Lipinski definition) is 1. The van der Waals surface area contributed by atoms with Crippen molar-refractivity contribution >= 4 is 27.9 Å². The monoisotopic (exact) mass is 667 g/mol. The van der Waals surface area contributed by atoms with E-state index in [0.29, 0.717) is 16.3 Å². The number of nitrogens with one attached hydrogen (secondary N) is 1. The number of fused-ring (bicyclic) bond motifs is 1. The minimum atomic E-state index is -4.00. The largest absolute Gasteiger partial charge is 0.386 e. The molecule has 250 valence electrons. The second kappa shape index (κ2) is 14.0. The number of alkyl halides is 3. The maximum absolute atomic E-state index is 15.3. The molecular weight excluding hydrogens is 626 g/mol. The molecule has 7 nitrogen and oxygen atoms in total. The molecule has 2 fully saturated rings. The molecule has 2 aromatic carbocycles. The van der Waals surface area contributed by atoms with Crippen molar-refractivity contribution in [1.82, 2.24) is 29.6 Å². The van der Waals surface area contributed by atoms with Crippen LogP contribution in [-0.2, 0) is 13.5 Å². The number of benzene rings is 2. The first-order chi connectivity index (χ1) is 22.3. The van der Waals surface area contributed by atoms with Crippen molar-refractivity contribution in [2.45, 2.75) is 52.8 Å². The molecule has 2 saturated heterocycles. The molecule has 0 amide bonds. The van der Waals surface area contributed by atoms with Crippen molar-refractivity contribution in [3.8, 4) is 11.1 Å². The van der Waals surface area contributed by atoms with Crippen LogP contribution < -0.4 is 10.2 Å². The van der Waals surface area contributed by atoms with E-state index >= 15 is 4.39 Å². The quantitative estimate of drug-likeness (QED) is 0.140. The summed E-state index contributed by atoms with van der Waals surface area (Å²) in [7, 11) is 2.01. The lowest BCUT2D eigenvalue weighted by molar-refractivity contribution is -0.110. The molecule has 1 spiro atoms. The van der Waals surface area contributed by atoms with Gasteiger partial charge in [0.25, 0.3) is 0 Å². The lowest BCUT2D eigenvalue weighted by Crippen LogP contribution is -2.71. The molecule has 0 radical (unpaired) electrons. The van der Waals surface area contributed by atoms with E-state index in [0.717, 1.165) is 72.1 Å². The molecule has 5 aromatic rings. The number of halogens is 4. The van der Waals surface area contributed by atoms with Crippen LogP contribution in [0.5, 0.6) is 0 Å². The van der Waals surface area contributed by atoms with Gasteiger partial charge in [0.15, 0.2) is 0 Å². The standard InChI is InChI=1S/C29H33FN6.C4H5NS.C2H3F3/c1-5-6-26-27(32-18-34(26)4)28(19(2)3)36-13-23-24(30)11-21(12-25(23)33-36)20-7-9-22(10-8-20)35-16-29(17-35)14-31-15-29;1-4-5-2-3-6-4;1-2(3,4)5/h7-13,18,28,31H,2,5-6,14-17H2,1,3-4H3;2-3H,1H3;1H3. The molecule has 1 atom stereocenters. The average molecular weight is 668 g/mol. The first-order valence-corrected chi connectivity index (χ1v) is 16.5. The Morgan fingerprint density at radius 1 is 1.11 bits per heavy atom. The zero-order valence-electron chi connectivity index (χ0n) is 27.4. The second-order valence-corrected chi connectivity index (χ2v) is 13.6. The lowest BCUT2D eigenvalue weighted by Gasteiger charge is -2.57. The van der Waals surface area contributed by atoms with Gasteiger partial charge in [0.1, 0.15) is 11.9 Å². The molecule has 5 heterocycles. The minimum Gasteiger partial charge on any atom is -0.370 e. The first-order valence-electron chi connectivity index (χ1n) is 15.6. The van der Waals surface area contributed by atoms with E-state index in [4.69, 9.17) is 5.10 Å². The third-order valence-corrected chi connectivity index (χ3v) is 9.04. The predicted octanol–water partition coefficient (Wildman–Crippen LogP) is 8.12. The van der Waals surface area contributed by atoms with Crippen LogP contribution in [0.4, 0.5) is 23.2 Å². The fourth-order valence-corrected chi connectivity index (χ4v) is 6.47. The molecule has 3 aromatic heterocycles. The van der Waals surface area contributed by atoms with Crippen LogP contribution in [0, 0.1) is 18.2 Å².